The van der Waals surface area contributed by atoms with Crippen LogP contribution in [0.3, 0.4) is 0 Å². The van der Waals surface area contributed by atoms with Crippen molar-refractivity contribution in [2.24, 2.45) is 0 Å². The summed E-state index contributed by atoms with van der Waals surface area (Å²) in [7, 11) is 0. The molecule has 0 saturated carbocycles. The first kappa shape index (κ1) is 15.9. The normalized spacial score (nSPS) is 18.6. The predicted octanol–water partition coefficient (Wildman–Crippen LogP) is 1.14. The van der Waals surface area contributed by atoms with Crippen LogP contribution in [-0.2, 0) is 9.53 Å². The van der Waals surface area contributed by atoms with Gasteiger partial charge in [0.05, 0.1) is 30.5 Å². The topological polar surface area (TPSA) is 73.9 Å². The molecule has 23 heavy (non-hydrogen) atoms. The molecule has 0 aliphatic carbocycles. The van der Waals surface area contributed by atoms with Crippen molar-refractivity contribution in [3.63, 3.8) is 0 Å². The maximum Gasteiger partial charge on any atom is 0.322 e. The molecule has 124 valence electrons. The number of nitrogens with one attached hydrogen (secondary N) is 2. The lowest BCUT2D eigenvalue weighted by atomic mass is 10.2. The monoisotopic (exact) mass is 338 g/mol. The van der Waals surface area contributed by atoms with Crippen molar-refractivity contribution >= 4 is 34.9 Å². The third kappa shape index (κ3) is 3.86. The lowest BCUT2D eigenvalue weighted by Gasteiger charge is -2.30. The third-order valence-corrected chi connectivity index (χ3v) is 4.18. The molecule has 0 bridgehead atoms. The van der Waals surface area contributed by atoms with E-state index in [-0.39, 0.29) is 11.9 Å². The van der Waals surface area contributed by atoms with Crippen LogP contribution in [0.5, 0.6) is 0 Å². The van der Waals surface area contributed by atoms with Crippen molar-refractivity contribution in [2.75, 3.05) is 56.2 Å². The number of urea groups is 1. The molecule has 1 aromatic carbocycles. The SMILES string of the molecule is O=C1CN(c2ccc(NC(=O)N3CCOCC3)cc2Cl)CCN1. The average Bonchev–Trinajstić information content (AvgIpc) is 2.56. The number of piperazine rings is 1. The first-order chi connectivity index (χ1) is 11.1. The van der Waals surface area contributed by atoms with Gasteiger partial charge in [-0.25, -0.2) is 4.79 Å². The largest absolute Gasteiger partial charge is 0.378 e. The zero-order valence-corrected chi connectivity index (χ0v) is 13.4. The molecule has 2 aliphatic rings. The molecule has 3 rings (SSSR count). The predicted molar refractivity (Wildman–Crippen MR) is 88.1 cm³/mol. The molecule has 7 nitrogen and oxygen atoms in total. The number of hydrogen-bond donors (Lipinski definition) is 2. The van der Waals surface area contributed by atoms with E-state index in [1.165, 1.54) is 0 Å². The second-order valence-electron chi connectivity index (χ2n) is 5.47. The number of amides is 3. The number of morpholine rings is 1. The second kappa shape index (κ2) is 7.06. The van der Waals surface area contributed by atoms with Gasteiger partial charge in [0.2, 0.25) is 5.91 Å². The summed E-state index contributed by atoms with van der Waals surface area (Å²) in [5, 5.41) is 6.13. The van der Waals surface area contributed by atoms with E-state index in [2.05, 4.69) is 10.6 Å². The quantitative estimate of drug-likeness (QED) is 0.848. The van der Waals surface area contributed by atoms with Crippen LogP contribution in [0.1, 0.15) is 0 Å². The highest BCUT2D eigenvalue weighted by atomic mass is 35.5. The Morgan fingerprint density at radius 3 is 2.74 bits per heavy atom. The van der Waals surface area contributed by atoms with Crippen LogP contribution in [0.15, 0.2) is 18.2 Å². The third-order valence-electron chi connectivity index (χ3n) is 3.88. The Balaban J connectivity index is 1.66. The second-order valence-corrected chi connectivity index (χ2v) is 5.87. The van der Waals surface area contributed by atoms with E-state index in [9.17, 15) is 9.59 Å². The Morgan fingerprint density at radius 2 is 2.04 bits per heavy atom. The molecule has 0 aromatic heterocycles. The lowest BCUT2D eigenvalue weighted by Crippen LogP contribution is -2.47. The molecule has 8 heteroatoms. The van der Waals surface area contributed by atoms with E-state index >= 15 is 0 Å². The van der Waals surface area contributed by atoms with Crippen molar-refractivity contribution in [2.45, 2.75) is 0 Å². The molecular weight excluding hydrogens is 320 g/mol. The van der Waals surface area contributed by atoms with Crippen molar-refractivity contribution in [3.8, 4) is 0 Å². The standard InChI is InChI=1S/C15H19ClN4O3/c16-12-9-11(18-15(22)19-5-7-23-8-6-19)1-2-13(12)20-4-3-17-14(21)10-20/h1-2,9H,3-8,10H2,(H,17,21)(H,18,22). The van der Waals surface area contributed by atoms with E-state index in [4.69, 9.17) is 16.3 Å². The minimum Gasteiger partial charge on any atom is -0.378 e. The number of halogens is 1. The fourth-order valence-corrected chi connectivity index (χ4v) is 2.95. The van der Waals surface area contributed by atoms with Crippen molar-refractivity contribution < 1.29 is 14.3 Å². The Bertz CT molecular complexity index is 604. The van der Waals surface area contributed by atoms with Crippen LogP contribution in [-0.4, -0.2) is 62.8 Å². The fraction of sp³-hybridized carbons (Fsp3) is 0.467. The van der Waals surface area contributed by atoms with Crippen LogP contribution >= 0.6 is 11.6 Å². The van der Waals surface area contributed by atoms with Gasteiger partial charge in [-0.1, -0.05) is 11.6 Å². The summed E-state index contributed by atoms with van der Waals surface area (Å²) in [5.41, 5.74) is 1.43. The smallest absolute Gasteiger partial charge is 0.322 e. The summed E-state index contributed by atoms with van der Waals surface area (Å²) < 4.78 is 5.23. The highest BCUT2D eigenvalue weighted by Crippen LogP contribution is 2.29. The van der Waals surface area contributed by atoms with Crippen LogP contribution < -0.4 is 15.5 Å². The number of benzene rings is 1. The summed E-state index contributed by atoms with van der Waals surface area (Å²) in [5.74, 6) is -0.0167. The maximum atomic E-state index is 12.2. The molecule has 0 atom stereocenters. The van der Waals surface area contributed by atoms with Crippen LogP contribution in [0.4, 0.5) is 16.2 Å². The van der Waals surface area contributed by atoms with Gasteiger partial charge >= 0.3 is 6.03 Å². The van der Waals surface area contributed by atoms with Gasteiger partial charge in [0.1, 0.15) is 0 Å². The number of anilines is 2. The molecule has 2 heterocycles. The molecule has 0 unspecified atom stereocenters. The van der Waals surface area contributed by atoms with Gasteiger partial charge in [-0.15, -0.1) is 0 Å². The number of rotatable bonds is 2. The van der Waals surface area contributed by atoms with E-state index in [0.717, 1.165) is 5.69 Å². The molecular formula is C15H19ClN4O3. The van der Waals surface area contributed by atoms with Gasteiger partial charge in [0.15, 0.2) is 0 Å². The Kier molecular flexibility index (Phi) is 4.88. The Hall–Kier alpha value is -1.99. The molecule has 0 spiro atoms. The number of carbonyl (C=O) groups is 2. The van der Waals surface area contributed by atoms with Gasteiger partial charge in [-0.2, -0.15) is 0 Å². The van der Waals surface area contributed by atoms with Gasteiger partial charge in [0, 0.05) is 31.9 Å². The average molecular weight is 339 g/mol. The molecule has 2 fully saturated rings. The minimum atomic E-state index is -0.158. The molecule has 0 radical (unpaired) electrons. The summed E-state index contributed by atoms with van der Waals surface area (Å²) in [6.07, 6.45) is 0. The van der Waals surface area contributed by atoms with E-state index in [1.807, 2.05) is 11.0 Å². The zero-order chi connectivity index (χ0) is 16.2. The molecule has 2 aliphatic heterocycles. The van der Waals surface area contributed by atoms with E-state index in [1.54, 1.807) is 17.0 Å². The van der Waals surface area contributed by atoms with Crippen LogP contribution in [0.2, 0.25) is 5.02 Å². The van der Waals surface area contributed by atoms with Gasteiger partial charge < -0.3 is 25.2 Å². The first-order valence-electron chi connectivity index (χ1n) is 7.58. The number of nitrogens with zero attached hydrogens (tertiary/aromatic N) is 2. The highest BCUT2D eigenvalue weighted by molar-refractivity contribution is 6.33. The van der Waals surface area contributed by atoms with Crippen molar-refractivity contribution in [1.29, 1.82) is 0 Å². The van der Waals surface area contributed by atoms with Gasteiger partial charge in [-0.3, -0.25) is 4.79 Å². The number of ether oxygens (including phenoxy) is 1. The van der Waals surface area contributed by atoms with Gasteiger partial charge in [-0.05, 0) is 18.2 Å². The fourth-order valence-electron chi connectivity index (χ4n) is 2.65. The summed E-state index contributed by atoms with van der Waals surface area (Å²) >= 11 is 6.32. The Labute approximate surface area is 139 Å². The zero-order valence-electron chi connectivity index (χ0n) is 12.7. The van der Waals surface area contributed by atoms with E-state index in [0.29, 0.717) is 56.6 Å². The van der Waals surface area contributed by atoms with Crippen LogP contribution in [0.25, 0.3) is 0 Å². The highest BCUT2D eigenvalue weighted by Gasteiger charge is 2.20. The lowest BCUT2D eigenvalue weighted by molar-refractivity contribution is -0.120. The summed E-state index contributed by atoms with van der Waals surface area (Å²) in [6.45, 7) is 3.89. The first-order valence-corrected chi connectivity index (χ1v) is 7.96. The maximum absolute atomic E-state index is 12.2. The molecule has 3 amide bonds. The van der Waals surface area contributed by atoms with E-state index < -0.39 is 0 Å². The molecule has 1 aromatic rings. The van der Waals surface area contributed by atoms with Crippen molar-refractivity contribution in [3.05, 3.63) is 23.2 Å². The number of carbonyl (C=O) groups excluding carboxylic acids is 2. The molecule has 2 saturated heterocycles. The molecule has 2 N–H and O–H groups in total. The van der Waals surface area contributed by atoms with Gasteiger partial charge in [0.25, 0.3) is 0 Å². The van der Waals surface area contributed by atoms with Crippen molar-refractivity contribution in [1.82, 2.24) is 10.2 Å². The Morgan fingerprint density at radius 1 is 1.26 bits per heavy atom. The minimum absolute atomic E-state index is 0.0167. The summed E-state index contributed by atoms with van der Waals surface area (Å²) in [6, 6.07) is 5.18. The number of hydrogen-bond acceptors (Lipinski definition) is 4. The van der Waals surface area contributed by atoms with Crippen LogP contribution in [0, 0.1) is 0 Å². The summed E-state index contributed by atoms with van der Waals surface area (Å²) in [4.78, 5) is 27.3.